The number of nitrogens with one attached hydrogen (secondary N) is 1. The Labute approximate surface area is 225 Å². The van der Waals surface area contributed by atoms with Gasteiger partial charge in [0.15, 0.2) is 12.2 Å². The molecule has 6 rings (SSSR count). The second-order valence-electron chi connectivity index (χ2n) is 8.36. The number of anilines is 2. The Bertz CT molecular complexity index is 1230. The molecule has 4 atom stereocenters. The molecule has 3 aliphatic rings. The average molecular weight is 566 g/mol. The summed E-state index contributed by atoms with van der Waals surface area (Å²) in [7, 11) is 0. The second kappa shape index (κ2) is 11.1. The minimum absolute atomic E-state index is 0.0173. The predicted molar refractivity (Wildman–Crippen MR) is 137 cm³/mol. The van der Waals surface area contributed by atoms with Crippen LogP contribution in [0.5, 0.6) is 0 Å². The highest BCUT2D eigenvalue weighted by Crippen LogP contribution is 2.36. The number of halogens is 1. The lowest BCUT2D eigenvalue weighted by molar-refractivity contribution is 0.122. The highest BCUT2D eigenvalue weighted by molar-refractivity contribution is 7.09. The van der Waals surface area contributed by atoms with Crippen molar-refractivity contribution in [3.63, 3.8) is 0 Å². The Hall–Kier alpha value is -3.07. The number of cyclic esters (lactones) is 2. The summed E-state index contributed by atoms with van der Waals surface area (Å²) in [5, 5.41) is 8.28. The van der Waals surface area contributed by atoms with Gasteiger partial charge in [-0.2, -0.15) is 4.98 Å². The maximum atomic E-state index is 12.4. The molecule has 0 aromatic carbocycles. The van der Waals surface area contributed by atoms with Gasteiger partial charge in [0, 0.05) is 42.3 Å². The van der Waals surface area contributed by atoms with Gasteiger partial charge in [0.05, 0.1) is 25.3 Å². The van der Waals surface area contributed by atoms with E-state index < -0.39 is 12.2 Å². The minimum atomic E-state index is -0.463. The van der Waals surface area contributed by atoms with Crippen LogP contribution in [0.4, 0.5) is 21.4 Å². The van der Waals surface area contributed by atoms with Crippen LogP contribution in [0.1, 0.15) is 36.1 Å². The SMILES string of the molecule is C[C@@H]1NC(=O)O[C@H]1c1nccs1.C[C@H]1[C@H](c2nccs2)OC(=O)N1c1cc(Cl)nc(N2CCOCC2)n1. The van der Waals surface area contributed by atoms with Crippen molar-refractivity contribution in [1.82, 2.24) is 25.3 Å². The third-order valence-electron chi connectivity index (χ3n) is 5.90. The van der Waals surface area contributed by atoms with Gasteiger partial charge in [-0.15, -0.1) is 22.7 Å². The number of morpholine rings is 1. The smallest absolute Gasteiger partial charge is 0.416 e. The van der Waals surface area contributed by atoms with Crippen LogP contribution in [0.3, 0.4) is 0 Å². The second-order valence-corrected chi connectivity index (χ2v) is 10.6. The first-order chi connectivity index (χ1) is 17.9. The van der Waals surface area contributed by atoms with Crippen molar-refractivity contribution in [1.29, 1.82) is 0 Å². The van der Waals surface area contributed by atoms with Crippen molar-refractivity contribution in [2.45, 2.75) is 38.1 Å². The van der Waals surface area contributed by atoms with E-state index in [1.807, 2.05) is 29.5 Å². The van der Waals surface area contributed by atoms with Crippen LogP contribution in [-0.4, -0.2) is 70.5 Å². The molecule has 3 aromatic rings. The van der Waals surface area contributed by atoms with Crippen LogP contribution in [-0.2, 0) is 14.2 Å². The molecule has 0 bridgehead atoms. The van der Waals surface area contributed by atoms with Crippen LogP contribution >= 0.6 is 34.3 Å². The summed E-state index contributed by atoms with van der Waals surface area (Å²) in [6, 6.07) is 1.35. The highest BCUT2D eigenvalue weighted by atomic mass is 35.5. The Morgan fingerprint density at radius 3 is 2.27 bits per heavy atom. The van der Waals surface area contributed by atoms with E-state index in [1.165, 1.54) is 27.6 Å². The number of amides is 2. The molecule has 3 saturated heterocycles. The predicted octanol–water partition coefficient (Wildman–Crippen LogP) is 3.82. The van der Waals surface area contributed by atoms with Gasteiger partial charge in [-0.25, -0.2) is 24.5 Å². The molecular weight excluding hydrogens is 542 g/mol. The summed E-state index contributed by atoms with van der Waals surface area (Å²) in [5.41, 5.74) is 0. The Kier molecular flexibility index (Phi) is 7.69. The van der Waals surface area contributed by atoms with Gasteiger partial charge in [-0.3, -0.25) is 4.90 Å². The van der Waals surface area contributed by atoms with Gasteiger partial charge in [0.25, 0.3) is 0 Å². The summed E-state index contributed by atoms with van der Waals surface area (Å²) in [6.07, 6.45) is 1.95. The van der Waals surface area contributed by atoms with Crippen molar-refractivity contribution in [3.05, 3.63) is 44.4 Å². The summed E-state index contributed by atoms with van der Waals surface area (Å²) < 4.78 is 15.9. The van der Waals surface area contributed by atoms with E-state index in [2.05, 4.69) is 25.3 Å². The lowest BCUT2D eigenvalue weighted by atomic mass is 10.2. The summed E-state index contributed by atoms with van der Waals surface area (Å²) in [5.74, 6) is 0.918. The van der Waals surface area contributed by atoms with Gasteiger partial charge in [-0.1, -0.05) is 11.6 Å². The minimum Gasteiger partial charge on any atom is -0.437 e. The molecule has 6 heterocycles. The fraction of sp³-hybridized carbons (Fsp3) is 0.455. The maximum Gasteiger partial charge on any atom is 0.416 e. The van der Waals surface area contributed by atoms with E-state index in [4.69, 9.17) is 25.8 Å². The first-order valence-electron chi connectivity index (χ1n) is 11.5. The first-order valence-corrected chi connectivity index (χ1v) is 13.7. The number of hydrogen-bond donors (Lipinski definition) is 1. The Balaban J connectivity index is 0.000000195. The van der Waals surface area contributed by atoms with Crippen LogP contribution in [0, 0.1) is 0 Å². The van der Waals surface area contributed by atoms with Crippen LogP contribution in [0.25, 0.3) is 0 Å². The lowest BCUT2D eigenvalue weighted by Gasteiger charge is -2.28. The van der Waals surface area contributed by atoms with Gasteiger partial charge in [0.2, 0.25) is 5.95 Å². The number of rotatable bonds is 4. The number of hydrogen-bond acceptors (Lipinski definition) is 12. The number of carbonyl (C=O) groups excluding carboxylic acids is 2. The third kappa shape index (κ3) is 5.61. The fourth-order valence-electron chi connectivity index (χ4n) is 4.07. The number of carbonyl (C=O) groups is 2. The molecule has 3 fully saturated rings. The topological polar surface area (TPSA) is 132 Å². The zero-order valence-corrected chi connectivity index (χ0v) is 22.3. The van der Waals surface area contributed by atoms with Crippen molar-refractivity contribution in [3.8, 4) is 0 Å². The fourth-order valence-corrected chi connectivity index (χ4v) is 5.78. The molecule has 0 radical (unpaired) electrons. The zero-order valence-electron chi connectivity index (χ0n) is 19.9. The molecule has 12 nitrogen and oxygen atoms in total. The molecular formula is C22H24ClN7O5S2. The van der Waals surface area contributed by atoms with E-state index in [-0.39, 0.29) is 29.4 Å². The number of aromatic nitrogens is 4. The van der Waals surface area contributed by atoms with Gasteiger partial charge >= 0.3 is 12.2 Å². The quantitative estimate of drug-likeness (QED) is 0.465. The molecule has 2 amide bonds. The number of thiazole rings is 2. The molecule has 3 aliphatic heterocycles. The van der Waals surface area contributed by atoms with Crippen molar-refractivity contribution in [2.24, 2.45) is 0 Å². The summed E-state index contributed by atoms with van der Waals surface area (Å²) in [4.78, 5) is 43.9. The largest absolute Gasteiger partial charge is 0.437 e. The van der Waals surface area contributed by atoms with Crippen LogP contribution in [0.15, 0.2) is 29.2 Å². The highest BCUT2D eigenvalue weighted by Gasteiger charge is 2.43. The molecule has 0 aliphatic carbocycles. The van der Waals surface area contributed by atoms with Crippen molar-refractivity contribution < 1.29 is 23.8 Å². The molecule has 196 valence electrons. The van der Waals surface area contributed by atoms with Crippen LogP contribution < -0.4 is 15.1 Å². The molecule has 0 spiro atoms. The molecule has 0 unspecified atom stereocenters. The van der Waals surface area contributed by atoms with Gasteiger partial charge in [0.1, 0.15) is 21.0 Å². The first kappa shape index (κ1) is 25.6. The molecule has 1 N–H and O–H groups in total. The molecule has 37 heavy (non-hydrogen) atoms. The van der Waals surface area contributed by atoms with Gasteiger partial charge < -0.3 is 24.4 Å². The molecule has 0 saturated carbocycles. The van der Waals surface area contributed by atoms with E-state index in [9.17, 15) is 9.59 Å². The van der Waals surface area contributed by atoms with E-state index in [1.54, 1.807) is 18.5 Å². The molecule has 15 heteroatoms. The standard InChI is InChI=1S/C15H16ClN5O3S.C7H8N2O2S/c1-9-12(13-17-2-7-25-13)24-15(22)21(9)11-8-10(16)18-14(19-11)20-3-5-23-6-4-20;1-4-5(11-7(10)9-4)6-8-2-3-12-6/h2,7-9,12H,3-6H2,1H3;2-5H,1H3,(H,9,10)/t9-,12+;4-,5+/m00/s1. The lowest BCUT2D eigenvalue weighted by Crippen LogP contribution is -2.38. The Morgan fingerprint density at radius 2 is 1.68 bits per heavy atom. The Morgan fingerprint density at radius 1 is 1.00 bits per heavy atom. The maximum absolute atomic E-state index is 12.4. The third-order valence-corrected chi connectivity index (χ3v) is 7.77. The summed E-state index contributed by atoms with van der Waals surface area (Å²) in [6.45, 7) is 6.39. The number of nitrogens with zero attached hydrogens (tertiary/aromatic N) is 6. The monoisotopic (exact) mass is 565 g/mol. The number of alkyl carbamates (subject to hydrolysis) is 1. The molecule has 3 aromatic heterocycles. The normalized spacial score (nSPS) is 25.3. The van der Waals surface area contributed by atoms with Crippen molar-refractivity contribution in [2.75, 3.05) is 36.1 Å². The van der Waals surface area contributed by atoms with E-state index in [0.717, 1.165) is 10.0 Å². The average Bonchev–Trinajstić information content (AvgIpc) is 3.68. The van der Waals surface area contributed by atoms with Crippen molar-refractivity contribution >= 4 is 58.2 Å². The zero-order chi connectivity index (χ0) is 25.9. The van der Waals surface area contributed by atoms with Crippen LogP contribution in [0.2, 0.25) is 5.15 Å². The number of ether oxygens (including phenoxy) is 3. The summed E-state index contributed by atoms with van der Waals surface area (Å²) >= 11 is 9.13. The van der Waals surface area contributed by atoms with E-state index >= 15 is 0 Å². The van der Waals surface area contributed by atoms with Gasteiger partial charge in [-0.05, 0) is 13.8 Å². The van der Waals surface area contributed by atoms with E-state index in [0.29, 0.717) is 38.1 Å².